The molecule has 2 amide bonds. The average molecular weight is 426 g/mol. The van der Waals surface area contributed by atoms with E-state index in [0.717, 1.165) is 3.79 Å². The molecular formula is C17H20BrN3O3S. The van der Waals surface area contributed by atoms with E-state index in [4.69, 9.17) is 4.74 Å². The third kappa shape index (κ3) is 6.15. The van der Waals surface area contributed by atoms with Crippen LogP contribution in [0.1, 0.15) is 11.8 Å². The number of methoxy groups -OCH3 is 1. The average Bonchev–Trinajstić information content (AvgIpc) is 2.91. The van der Waals surface area contributed by atoms with Crippen LogP contribution in [-0.4, -0.2) is 37.4 Å². The fourth-order valence-corrected chi connectivity index (χ4v) is 3.84. The maximum atomic E-state index is 12.3. The van der Waals surface area contributed by atoms with E-state index in [1.807, 2.05) is 24.1 Å². The summed E-state index contributed by atoms with van der Waals surface area (Å²) in [5.74, 6) is 0.202. The van der Waals surface area contributed by atoms with Crippen LogP contribution in [0.4, 0.5) is 11.4 Å². The minimum Gasteiger partial charge on any atom is -0.495 e. The first kappa shape index (κ1) is 19.4. The van der Waals surface area contributed by atoms with Gasteiger partial charge in [-0.3, -0.25) is 14.5 Å². The molecule has 0 radical (unpaired) electrons. The lowest BCUT2D eigenvalue weighted by Gasteiger charge is -2.17. The van der Waals surface area contributed by atoms with Crippen LogP contribution in [0.3, 0.4) is 0 Å². The Morgan fingerprint density at radius 2 is 2.00 bits per heavy atom. The molecule has 25 heavy (non-hydrogen) atoms. The summed E-state index contributed by atoms with van der Waals surface area (Å²) >= 11 is 5.08. The van der Waals surface area contributed by atoms with E-state index in [-0.39, 0.29) is 18.4 Å². The topological polar surface area (TPSA) is 70.7 Å². The molecule has 6 nitrogen and oxygen atoms in total. The smallest absolute Gasteiger partial charge is 0.238 e. The zero-order chi connectivity index (χ0) is 18.4. The summed E-state index contributed by atoms with van der Waals surface area (Å²) in [6, 6.07) is 9.12. The molecule has 0 spiro atoms. The lowest BCUT2D eigenvalue weighted by Crippen LogP contribution is -2.29. The Balaban J connectivity index is 1.99. The number of carbonyl (C=O) groups is 2. The van der Waals surface area contributed by atoms with Crippen molar-refractivity contribution in [2.75, 3.05) is 31.3 Å². The normalized spacial score (nSPS) is 10.6. The van der Waals surface area contributed by atoms with E-state index in [1.54, 1.807) is 29.5 Å². The van der Waals surface area contributed by atoms with Crippen molar-refractivity contribution < 1.29 is 14.3 Å². The summed E-state index contributed by atoms with van der Waals surface area (Å²) in [6.07, 6.45) is 0. The Kier molecular flexibility index (Phi) is 6.98. The molecule has 0 aliphatic rings. The highest BCUT2D eigenvalue weighted by atomic mass is 79.9. The van der Waals surface area contributed by atoms with Gasteiger partial charge >= 0.3 is 0 Å². The van der Waals surface area contributed by atoms with E-state index in [1.165, 1.54) is 18.9 Å². The number of hydrogen-bond acceptors (Lipinski definition) is 5. The summed E-state index contributed by atoms with van der Waals surface area (Å²) in [5, 5.41) is 5.52. The predicted molar refractivity (Wildman–Crippen MR) is 104 cm³/mol. The molecule has 1 heterocycles. The van der Waals surface area contributed by atoms with Gasteiger partial charge in [0.15, 0.2) is 0 Å². The van der Waals surface area contributed by atoms with Crippen molar-refractivity contribution >= 4 is 50.5 Å². The van der Waals surface area contributed by atoms with Crippen molar-refractivity contribution in [3.63, 3.8) is 0 Å². The van der Waals surface area contributed by atoms with Gasteiger partial charge in [-0.1, -0.05) is 0 Å². The highest BCUT2D eigenvalue weighted by molar-refractivity contribution is 9.11. The Bertz CT molecular complexity index is 763. The highest BCUT2D eigenvalue weighted by Crippen LogP contribution is 2.28. The summed E-state index contributed by atoms with van der Waals surface area (Å²) < 4.78 is 6.33. The monoisotopic (exact) mass is 425 g/mol. The first-order valence-corrected chi connectivity index (χ1v) is 9.16. The molecule has 0 atom stereocenters. The SMILES string of the molecule is COc1ccc(NC(C)=O)cc1NC(=O)CN(C)Cc1ccc(Br)s1. The molecule has 0 unspecified atom stereocenters. The third-order valence-corrected chi connectivity index (χ3v) is 4.87. The molecule has 0 bridgehead atoms. The van der Waals surface area contributed by atoms with Crippen molar-refractivity contribution in [2.24, 2.45) is 0 Å². The van der Waals surface area contributed by atoms with Crippen molar-refractivity contribution in [1.29, 1.82) is 0 Å². The zero-order valence-corrected chi connectivity index (χ0v) is 16.7. The standard InChI is InChI=1S/C17H20BrN3O3S/c1-11(22)19-12-4-6-15(24-3)14(8-12)20-17(23)10-21(2)9-13-5-7-16(18)25-13/h4-8H,9-10H2,1-3H3,(H,19,22)(H,20,23). The van der Waals surface area contributed by atoms with E-state index in [2.05, 4.69) is 26.6 Å². The van der Waals surface area contributed by atoms with Gasteiger partial charge in [0, 0.05) is 24.0 Å². The number of carbonyl (C=O) groups excluding carboxylic acids is 2. The van der Waals surface area contributed by atoms with Gasteiger partial charge in [0.25, 0.3) is 0 Å². The Morgan fingerprint density at radius 1 is 1.24 bits per heavy atom. The molecule has 1 aromatic heterocycles. The Labute approximate surface area is 159 Å². The number of amides is 2. The number of nitrogens with one attached hydrogen (secondary N) is 2. The van der Waals surface area contributed by atoms with Gasteiger partial charge < -0.3 is 15.4 Å². The largest absolute Gasteiger partial charge is 0.495 e. The predicted octanol–water partition coefficient (Wildman–Crippen LogP) is 3.55. The van der Waals surface area contributed by atoms with Crippen molar-refractivity contribution in [2.45, 2.75) is 13.5 Å². The number of ether oxygens (including phenoxy) is 1. The third-order valence-electron chi connectivity index (χ3n) is 3.26. The van der Waals surface area contributed by atoms with Crippen LogP contribution in [0.25, 0.3) is 0 Å². The highest BCUT2D eigenvalue weighted by Gasteiger charge is 2.12. The number of benzene rings is 1. The first-order valence-electron chi connectivity index (χ1n) is 7.55. The fraction of sp³-hybridized carbons (Fsp3) is 0.294. The minimum atomic E-state index is -0.177. The maximum Gasteiger partial charge on any atom is 0.238 e. The van der Waals surface area contributed by atoms with Crippen LogP contribution in [0.5, 0.6) is 5.75 Å². The molecule has 0 aliphatic carbocycles. The van der Waals surface area contributed by atoms with Gasteiger partial charge in [0.2, 0.25) is 11.8 Å². The number of halogens is 1. The van der Waals surface area contributed by atoms with Gasteiger partial charge in [-0.15, -0.1) is 11.3 Å². The summed E-state index contributed by atoms with van der Waals surface area (Å²) in [5.41, 5.74) is 1.12. The summed E-state index contributed by atoms with van der Waals surface area (Å²) in [4.78, 5) is 26.6. The molecule has 0 saturated carbocycles. The number of rotatable bonds is 7. The second-order valence-corrected chi connectivity index (χ2v) is 8.07. The van der Waals surface area contributed by atoms with Gasteiger partial charge in [0.05, 0.1) is 23.1 Å². The van der Waals surface area contributed by atoms with Crippen LogP contribution >= 0.6 is 27.3 Å². The molecule has 1 aromatic carbocycles. The minimum absolute atomic E-state index is 0.156. The Hall–Kier alpha value is -1.90. The number of nitrogens with zero attached hydrogens (tertiary/aromatic N) is 1. The maximum absolute atomic E-state index is 12.3. The van der Waals surface area contributed by atoms with E-state index in [9.17, 15) is 9.59 Å². The van der Waals surface area contributed by atoms with Crippen molar-refractivity contribution in [1.82, 2.24) is 4.90 Å². The molecule has 0 fully saturated rings. The molecule has 0 saturated heterocycles. The van der Waals surface area contributed by atoms with E-state index >= 15 is 0 Å². The molecule has 2 rings (SSSR count). The van der Waals surface area contributed by atoms with Crippen molar-refractivity contribution in [3.05, 3.63) is 39.0 Å². The number of anilines is 2. The molecular weight excluding hydrogens is 406 g/mol. The zero-order valence-electron chi connectivity index (χ0n) is 14.3. The second-order valence-electron chi connectivity index (χ2n) is 5.52. The Morgan fingerprint density at radius 3 is 2.60 bits per heavy atom. The molecule has 2 aromatic rings. The number of hydrogen-bond donors (Lipinski definition) is 2. The van der Waals surface area contributed by atoms with Crippen LogP contribution in [0.2, 0.25) is 0 Å². The van der Waals surface area contributed by atoms with Gasteiger partial charge in [-0.05, 0) is 53.3 Å². The van der Waals surface area contributed by atoms with Crippen molar-refractivity contribution in [3.8, 4) is 5.75 Å². The number of likely N-dealkylation sites (N-methyl/N-ethyl adjacent to an activating group) is 1. The second kappa shape index (κ2) is 8.98. The van der Waals surface area contributed by atoms with E-state index in [0.29, 0.717) is 23.7 Å². The molecule has 0 aliphatic heterocycles. The van der Waals surface area contributed by atoms with Crippen LogP contribution < -0.4 is 15.4 Å². The number of thiophene rings is 1. The molecule has 2 N–H and O–H groups in total. The lowest BCUT2D eigenvalue weighted by molar-refractivity contribution is -0.117. The van der Waals surface area contributed by atoms with Gasteiger partial charge in [0.1, 0.15) is 5.75 Å². The molecule has 8 heteroatoms. The fourth-order valence-electron chi connectivity index (χ4n) is 2.28. The van der Waals surface area contributed by atoms with Gasteiger partial charge in [-0.2, -0.15) is 0 Å². The summed E-state index contributed by atoms with van der Waals surface area (Å²) in [7, 11) is 3.42. The van der Waals surface area contributed by atoms with Crippen LogP contribution in [-0.2, 0) is 16.1 Å². The lowest BCUT2D eigenvalue weighted by atomic mass is 10.2. The first-order chi connectivity index (χ1) is 11.9. The summed E-state index contributed by atoms with van der Waals surface area (Å²) in [6.45, 7) is 2.36. The van der Waals surface area contributed by atoms with Crippen LogP contribution in [0.15, 0.2) is 34.1 Å². The van der Waals surface area contributed by atoms with Gasteiger partial charge in [-0.25, -0.2) is 0 Å². The quantitative estimate of drug-likeness (QED) is 0.711. The van der Waals surface area contributed by atoms with E-state index < -0.39 is 0 Å². The molecule has 134 valence electrons. The van der Waals surface area contributed by atoms with Crippen LogP contribution in [0, 0.1) is 0 Å².